The minimum Gasteiger partial charge on any atom is -0.456 e. The summed E-state index contributed by atoms with van der Waals surface area (Å²) in [5.74, 6) is 0.522. The lowest BCUT2D eigenvalue weighted by Crippen LogP contribution is -1.93. The van der Waals surface area contributed by atoms with E-state index in [1.807, 2.05) is 11.3 Å². The largest absolute Gasteiger partial charge is 0.456 e. The van der Waals surface area contributed by atoms with Crippen molar-refractivity contribution in [2.45, 2.75) is 26.2 Å². The molecule has 0 radical (unpaired) electrons. The highest BCUT2D eigenvalue weighted by atomic mass is 32.1. The first-order valence-corrected chi connectivity index (χ1v) is 13.7. The molecule has 1 atom stereocenters. The zero-order valence-corrected chi connectivity index (χ0v) is 21.7. The maximum atomic E-state index is 6.33. The van der Waals surface area contributed by atoms with Gasteiger partial charge in [0.25, 0.3) is 0 Å². The van der Waals surface area contributed by atoms with E-state index in [1.54, 1.807) is 0 Å². The smallest absolute Gasteiger partial charge is 0.136 e. The molecule has 180 valence electrons. The van der Waals surface area contributed by atoms with Crippen molar-refractivity contribution in [2.24, 2.45) is 0 Å². The Morgan fingerprint density at radius 3 is 2.38 bits per heavy atom. The topological polar surface area (TPSA) is 25.2 Å². The van der Waals surface area contributed by atoms with Gasteiger partial charge in [-0.1, -0.05) is 68.4 Å². The zero-order chi connectivity index (χ0) is 24.9. The maximum Gasteiger partial charge on any atom is 0.136 e. The Hall–Kier alpha value is -4.08. The Balaban J connectivity index is 1.41. The lowest BCUT2D eigenvalue weighted by Gasteiger charge is -2.12. The molecular weight excluding hydrogens is 470 g/mol. The van der Waals surface area contributed by atoms with Crippen molar-refractivity contribution in [3.63, 3.8) is 0 Å². The summed E-state index contributed by atoms with van der Waals surface area (Å²) in [6.07, 6.45) is 1.12. The first-order chi connectivity index (χ1) is 18.2. The van der Waals surface area contributed by atoms with Crippen LogP contribution in [0.3, 0.4) is 0 Å². The molecule has 0 saturated heterocycles. The third-order valence-corrected chi connectivity index (χ3v) is 8.70. The molecule has 0 aliphatic heterocycles. The Bertz CT molecular complexity index is 1910. The van der Waals surface area contributed by atoms with Crippen molar-refractivity contribution < 1.29 is 4.42 Å². The van der Waals surface area contributed by atoms with Gasteiger partial charge in [-0.25, -0.2) is 0 Å². The van der Waals surface area contributed by atoms with Crippen LogP contribution in [-0.4, -0.2) is 0 Å². The molecule has 37 heavy (non-hydrogen) atoms. The number of fused-ring (bicyclic) bond motifs is 7. The van der Waals surface area contributed by atoms with Gasteiger partial charge in [-0.05, 0) is 72.0 Å². The van der Waals surface area contributed by atoms with Crippen LogP contribution in [0.25, 0.3) is 53.2 Å². The monoisotopic (exact) mass is 497 g/mol. The minimum absolute atomic E-state index is 0.522. The molecule has 5 aromatic carbocycles. The van der Waals surface area contributed by atoms with Crippen molar-refractivity contribution >= 4 is 64.8 Å². The van der Waals surface area contributed by atoms with Crippen molar-refractivity contribution in [3.05, 3.63) is 109 Å². The first kappa shape index (κ1) is 22.1. The van der Waals surface area contributed by atoms with Crippen LogP contribution >= 0.6 is 11.3 Å². The molecule has 0 spiro atoms. The summed E-state index contributed by atoms with van der Waals surface area (Å²) in [5.41, 5.74) is 7.87. The number of furan rings is 1. The van der Waals surface area contributed by atoms with Crippen LogP contribution in [0.4, 0.5) is 11.4 Å². The number of para-hydroxylation sites is 1. The fraction of sp³-hybridized carbons (Fsp3) is 0.118. The van der Waals surface area contributed by atoms with E-state index in [2.05, 4.69) is 122 Å². The van der Waals surface area contributed by atoms with Gasteiger partial charge in [-0.2, -0.15) is 0 Å². The molecule has 2 aromatic heterocycles. The summed E-state index contributed by atoms with van der Waals surface area (Å²) < 4.78 is 8.91. The summed E-state index contributed by atoms with van der Waals surface area (Å²) in [4.78, 5) is 0. The zero-order valence-electron chi connectivity index (χ0n) is 20.9. The second-order valence-electron chi connectivity index (χ2n) is 9.83. The van der Waals surface area contributed by atoms with E-state index in [-0.39, 0.29) is 0 Å². The SMILES string of the molecule is CCC(C)c1ccc2oc3ccc4sc5ccc(Nc6ccccc6-c6ccccc6)cc5c4c3c2c1. The van der Waals surface area contributed by atoms with Crippen molar-refractivity contribution in [1.82, 2.24) is 0 Å². The predicted molar refractivity (Wildman–Crippen MR) is 160 cm³/mol. The quantitative estimate of drug-likeness (QED) is 0.256. The van der Waals surface area contributed by atoms with Gasteiger partial charge in [0.15, 0.2) is 0 Å². The molecule has 2 nitrogen and oxygen atoms in total. The number of thiophene rings is 1. The Labute approximate surface area is 220 Å². The average Bonchev–Trinajstić information content (AvgIpc) is 3.50. The highest BCUT2D eigenvalue weighted by molar-refractivity contribution is 7.26. The Kier molecular flexibility index (Phi) is 5.26. The predicted octanol–water partition coefficient (Wildman–Crippen LogP) is 10.9. The molecule has 1 unspecified atom stereocenters. The third-order valence-electron chi connectivity index (χ3n) is 7.56. The first-order valence-electron chi connectivity index (χ1n) is 12.9. The fourth-order valence-corrected chi connectivity index (χ4v) is 6.48. The number of hydrogen-bond donors (Lipinski definition) is 1. The van der Waals surface area contributed by atoms with Gasteiger partial charge in [0, 0.05) is 47.9 Å². The second kappa shape index (κ2) is 8.79. The van der Waals surface area contributed by atoms with Gasteiger partial charge >= 0.3 is 0 Å². The Morgan fingerprint density at radius 2 is 1.51 bits per heavy atom. The second-order valence-corrected chi connectivity index (χ2v) is 10.9. The molecule has 0 aliphatic rings. The van der Waals surface area contributed by atoms with Gasteiger partial charge in [-0.3, -0.25) is 0 Å². The molecule has 7 aromatic rings. The van der Waals surface area contributed by atoms with Crippen molar-refractivity contribution in [3.8, 4) is 11.1 Å². The molecule has 0 amide bonds. The lowest BCUT2D eigenvalue weighted by molar-refractivity contribution is 0.668. The van der Waals surface area contributed by atoms with E-state index < -0.39 is 0 Å². The van der Waals surface area contributed by atoms with Crippen LogP contribution in [-0.2, 0) is 0 Å². The van der Waals surface area contributed by atoms with E-state index in [1.165, 1.54) is 47.6 Å². The van der Waals surface area contributed by atoms with Crippen LogP contribution in [0.2, 0.25) is 0 Å². The van der Waals surface area contributed by atoms with Gasteiger partial charge in [0.05, 0.1) is 0 Å². The number of benzene rings is 5. The lowest BCUT2D eigenvalue weighted by atomic mass is 9.96. The Morgan fingerprint density at radius 1 is 0.730 bits per heavy atom. The molecule has 0 fully saturated rings. The van der Waals surface area contributed by atoms with Crippen LogP contribution < -0.4 is 5.32 Å². The minimum atomic E-state index is 0.522. The van der Waals surface area contributed by atoms with Crippen LogP contribution in [0.15, 0.2) is 108 Å². The molecule has 0 saturated carbocycles. The molecule has 7 rings (SSSR count). The number of anilines is 2. The maximum absolute atomic E-state index is 6.33. The van der Waals surface area contributed by atoms with Gasteiger partial charge in [0.2, 0.25) is 0 Å². The molecule has 1 N–H and O–H groups in total. The van der Waals surface area contributed by atoms with E-state index in [9.17, 15) is 0 Å². The van der Waals surface area contributed by atoms with Crippen molar-refractivity contribution in [2.75, 3.05) is 5.32 Å². The number of nitrogens with one attached hydrogen (secondary N) is 1. The highest BCUT2D eigenvalue weighted by Crippen LogP contribution is 2.44. The summed E-state index contributed by atoms with van der Waals surface area (Å²) in [6, 6.07) is 36.8. The number of rotatable bonds is 5. The third kappa shape index (κ3) is 3.70. The van der Waals surface area contributed by atoms with Gasteiger partial charge in [0.1, 0.15) is 11.2 Å². The molecule has 0 bridgehead atoms. The summed E-state index contributed by atoms with van der Waals surface area (Å²) in [5, 5.41) is 8.71. The van der Waals surface area contributed by atoms with E-state index in [4.69, 9.17) is 4.42 Å². The summed E-state index contributed by atoms with van der Waals surface area (Å²) in [7, 11) is 0. The normalized spacial score (nSPS) is 12.6. The van der Waals surface area contributed by atoms with E-state index in [0.717, 1.165) is 29.0 Å². The molecule has 2 heterocycles. The molecule has 0 aliphatic carbocycles. The summed E-state index contributed by atoms with van der Waals surface area (Å²) in [6.45, 7) is 4.54. The highest BCUT2D eigenvalue weighted by Gasteiger charge is 2.17. The van der Waals surface area contributed by atoms with E-state index >= 15 is 0 Å². The molecule has 3 heteroatoms. The summed E-state index contributed by atoms with van der Waals surface area (Å²) >= 11 is 1.85. The fourth-order valence-electron chi connectivity index (χ4n) is 5.39. The number of hydrogen-bond acceptors (Lipinski definition) is 3. The van der Waals surface area contributed by atoms with Crippen molar-refractivity contribution in [1.29, 1.82) is 0 Å². The van der Waals surface area contributed by atoms with E-state index in [0.29, 0.717) is 5.92 Å². The standard InChI is InChI=1S/C34H27NOS/c1-3-21(2)23-13-15-29-26(19-23)33-30(36-29)16-18-32-34(33)27-20-24(14-17-31(27)37-32)35-28-12-8-7-11-25(28)22-9-5-4-6-10-22/h4-21,35H,3H2,1-2H3. The van der Waals surface area contributed by atoms with Gasteiger partial charge in [-0.15, -0.1) is 11.3 Å². The average molecular weight is 498 g/mol. The molecular formula is C34H27NOS. The van der Waals surface area contributed by atoms with Crippen LogP contribution in [0, 0.1) is 0 Å². The van der Waals surface area contributed by atoms with Crippen LogP contribution in [0.5, 0.6) is 0 Å². The van der Waals surface area contributed by atoms with Crippen LogP contribution in [0.1, 0.15) is 31.7 Å². The van der Waals surface area contributed by atoms with Gasteiger partial charge < -0.3 is 9.73 Å².